The van der Waals surface area contributed by atoms with Crippen LogP contribution in [0.25, 0.3) is 0 Å². The first kappa shape index (κ1) is 8.72. The molecular formula is C9H16O2. The van der Waals surface area contributed by atoms with Gasteiger partial charge in [0, 0.05) is 11.3 Å². The molecule has 2 heteroatoms. The number of carbonyl (C=O) groups is 1. The monoisotopic (exact) mass is 156 g/mol. The van der Waals surface area contributed by atoms with Crippen LogP contribution in [0.3, 0.4) is 0 Å². The van der Waals surface area contributed by atoms with Gasteiger partial charge in [0.25, 0.3) is 0 Å². The summed E-state index contributed by atoms with van der Waals surface area (Å²) in [6.45, 7) is 5.72. The molecule has 0 spiro atoms. The van der Waals surface area contributed by atoms with Crippen LogP contribution in [0.5, 0.6) is 0 Å². The fraction of sp³-hybridized carbons (Fsp3) is 0.889. The zero-order chi connectivity index (χ0) is 8.65. The molecule has 0 aromatic heterocycles. The number of rotatable bonds is 0. The largest absolute Gasteiger partial charge is 0.393 e. The highest BCUT2D eigenvalue weighted by Gasteiger charge is 2.38. The summed E-state index contributed by atoms with van der Waals surface area (Å²) in [6, 6.07) is 0. The van der Waals surface area contributed by atoms with E-state index in [2.05, 4.69) is 0 Å². The van der Waals surface area contributed by atoms with E-state index in [0.29, 0.717) is 18.6 Å². The van der Waals surface area contributed by atoms with Crippen molar-refractivity contribution in [2.75, 3.05) is 0 Å². The van der Waals surface area contributed by atoms with Gasteiger partial charge in [-0.25, -0.2) is 0 Å². The molecule has 1 rings (SSSR count). The van der Waals surface area contributed by atoms with Gasteiger partial charge in [-0.3, -0.25) is 4.79 Å². The summed E-state index contributed by atoms with van der Waals surface area (Å²) in [6.07, 6.45) is 0.982. The molecule has 0 aromatic carbocycles. The maximum atomic E-state index is 11.5. The van der Waals surface area contributed by atoms with Gasteiger partial charge in [-0.15, -0.1) is 0 Å². The molecule has 0 aliphatic heterocycles. The lowest BCUT2D eigenvalue weighted by molar-refractivity contribution is -0.137. The summed E-state index contributed by atoms with van der Waals surface area (Å²) in [5, 5.41) is 9.38. The Morgan fingerprint density at radius 1 is 1.55 bits per heavy atom. The molecule has 0 aromatic rings. The van der Waals surface area contributed by atoms with E-state index in [1.807, 2.05) is 20.8 Å². The van der Waals surface area contributed by atoms with Gasteiger partial charge in [0.2, 0.25) is 0 Å². The molecule has 64 valence electrons. The van der Waals surface area contributed by atoms with Crippen LogP contribution in [0, 0.1) is 11.3 Å². The van der Waals surface area contributed by atoms with Crippen molar-refractivity contribution in [2.24, 2.45) is 11.3 Å². The lowest BCUT2D eigenvalue weighted by Gasteiger charge is -2.34. The summed E-state index contributed by atoms with van der Waals surface area (Å²) >= 11 is 0. The van der Waals surface area contributed by atoms with Crippen molar-refractivity contribution in [3.63, 3.8) is 0 Å². The minimum absolute atomic E-state index is 0.0359. The minimum Gasteiger partial charge on any atom is -0.393 e. The molecule has 2 unspecified atom stereocenters. The number of aliphatic hydroxyl groups excluding tert-OH is 1. The molecule has 0 amide bonds. The van der Waals surface area contributed by atoms with E-state index >= 15 is 0 Å². The second-order valence-electron chi connectivity index (χ2n) is 4.24. The van der Waals surface area contributed by atoms with Crippen molar-refractivity contribution >= 4 is 5.78 Å². The van der Waals surface area contributed by atoms with Gasteiger partial charge >= 0.3 is 0 Å². The average Bonchev–Trinajstić information content (AvgIpc) is 1.81. The van der Waals surface area contributed by atoms with Crippen molar-refractivity contribution in [3.05, 3.63) is 0 Å². The van der Waals surface area contributed by atoms with E-state index in [1.165, 1.54) is 0 Å². The summed E-state index contributed by atoms with van der Waals surface area (Å²) < 4.78 is 0. The third-order valence-electron chi connectivity index (χ3n) is 2.49. The topological polar surface area (TPSA) is 37.3 Å². The van der Waals surface area contributed by atoms with E-state index in [4.69, 9.17) is 0 Å². The van der Waals surface area contributed by atoms with E-state index < -0.39 is 0 Å². The predicted molar refractivity (Wildman–Crippen MR) is 43.2 cm³/mol. The second-order valence-corrected chi connectivity index (χ2v) is 4.24. The highest BCUT2D eigenvalue weighted by molar-refractivity contribution is 5.86. The SMILES string of the molecule is CC1CC(O)CC(C)(C)C1=O. The standard InChI is InChI=1S/C9H16O2/c1-6-4-7(10)5-9(2,3)8(6)11/h6-7,10H,4-5H2,1-3H3. The van der Waals surface area contributed by atoms with Crippen LogP contribution < -0.4 is 0 Å². The summed E-state index contributed by atoms with van der Waals surface area (Å²) in [5.41, 5.74) is -0.308. The molecule has 1 fully saturated rings. The normalized spacial score (nSPS) is 37.3. The van der Waals surface area contributed by atoms with Crippen LogP contribution in [-0.4, -0.2) is 17.0 Å². The quantitative estimate of drug-likeness (QED) is 0.575. The number of hydrogen-bond acceptors (Lipinski definition) is 2. The first-order valence-electron chi connectivity index (χ1n) is 4.16. The number of aliphatic hydroxyl groups is 1. The van der Waals surface area contributed by atoms with Gasteiger partial charge in [-0.05, 0) is 12.8 Å². The third kappa shape index (κ3) is 1.62. The fourth-order valence-corrected chi connectivity index (χ4v) is 1.96. The lowest BCUT2D eigenvalue weighted by Crippen LogP contribution is -2.40. The number of hydrogen-bond donors (Lipinski definition) is 1. The summed E-state index contributed by atoms with van der Waals surface area (Å²) in [4.78, 5) is 11.5. The summed E-state index contributed by atoms with van der Waals surface area (Å²) in [5.74, 6) is 0.330. The Kier molecular flexibility index (Phi) is 2.06. The van der Waals surface area contributed by atoms with Gasteiger partial charge in [0.1, 0.15) is 5.78 Å². The first-order valence-corrected chi connectivity index (χ1v) is 4.16. The van der Waals surface area contributed by atoms with Gasteiger partial charge < -0.3 is 5.11 Å². The number of ketones is 1. The molecule has 2 atom stereocenters. The van der Waals surface area contributed by atoms with Crippen LogP contribution in [0.4, 0.5) is 0 Å². The van der Waals surface area contributed by atoms with Crippen LogP contribution in [0.15, 0.2) is 0 Å². The van der Waals surface area contributed by atoms with E-state index in [1.54, 1.807) is 0 Å². The molecule has 0 radical (unpaired) electrons. The lowest BCUT2D eigenvalue weighted by atomic mass is 9.70. The molecule has 1 aliphatic carbocycles. The van der Waals surface area contributed by atoms with Gasteiger partial charge in [-0.2, -0.15) is 0 Å². The maximum Gasteiger partial charge on any atom is 0.141 e. The predicted octanol–water partition coefficient (Wildman–Crippen LogP) is 1.37. The molecule has 2 nitrogen and oxygen atoms in total. The first-order chi connectivity index (χ1) is 4.93. The molecule has 11 heavy (non-hydrogen) atoms. The van der Waals surface area contributed by atoms with Gasteiger partial charge in [0.05, 0.1) is 6.10 Å². The highest BCUT2D eigenvalue weighted by Crippen LogP contribution is 2.35. The van der Waals surface area contributed by atoms with Crippen LogP contribution in [0.1, 0.15) is 33.6 Å². The molecular weight excluding hydrogens is 140 g/mol. The average molecular weight is 156 g/mol. The van der Waals surface area contributed by atoms with Crippen molar-refractivity contribution in [1.29, 1.82) is 0 Å². The van der Waals surface area contributed by atoms with Crippen LogP contribution >= 0.6 is 0 Å². The molecule has 1 aliphatic rings. The summed E-state index contributed by atoms with van der Waals surface area (Å²) in [7, 11) is 0. The van der Waals surface area contributed by atoms with E-state index in [-0.39, 0.29) is 17.4 Å². The molecule has 0 heterocycles. The fourth-order valence-electron chi connectivity index (χ4n) is 1.96. The Labute approximate surface area is 67.6 Å². The number of Topliss-reactive ketones (excluding diaryl/α,β-unsaturated/α-hetero) is 1. The third-order valence-corrected chi connectivity index (χ3v) is 2.49. The molecule has 0 bridgehead atoms. The number of carbonyl (C=O) groups excluding carboxylic acids is 1. The minimum atomic E-state index is -0.308. The van der Waals surface area contributed by atoms with Crippen LogP contribution in [-0.2, 0) is 4.79 Å². The molecule has 0 saturated heterocycles. The van der Waals surface area contributed by atoms with Gasteiger partial charge in [0.15, 0.2) is 0 Å². The zero-order valence-electron chi connectivity index (χ0n) is 7.42. The molecule has 1 N–H and O–H groups in total. The second kappa shape index (κ2) is 2.59. The zero-order valence-corrected chi connectivity index (χ0v) is 7.42. The maximum absolute atomic E-state index is 11.5. The Morgan fingerprint density at radius 3 is 2.55 bits per heavy atom. The Morgan fingerprint density at radius 2 is 2.09 bits per heavy atom. The van der Waals surface area contributed by atoms with E-state index in [0.717, 1.165) is 0 Å². The Hall–Kier alpha value is -0.370. The highest BCUT2D eigenvalue weighted by atomic mass is 16.3. The Balaban J connectivity index is 2.75. The van der Waals surface area contributed by atoms with Crippen molar-refractivity contribution in [2.45, 2.75) is 39.7 Å². The van der Waals surface area contributed by atoms with Crippen molar-refractivity contribution in [3.8, 4) is 0 Å². The van der Waals surface area contributed by atoms with Gasteiger partial charge in [-0.1, -0.05) is 20.8 Å². The van der Waals surface area contributed by atoms with Crippen LogP contribution in [0.2, 0.25) is 0 Å². The van der Waals surface area contributed by atoms with Crippen molar-refractivity contribution in [1.82, 2.24) is 0 Å². The van der Waals surface area contributed by atoms with E-state index in [9.17, 15) is 9.90 Å². The molecule has 1 saturated carbocycles. The smallest absolute Gasteiger partial charge is 0.141 e. The Bertz CT molecular complexity index is 172. The van der Waals surface area contributed by atoms with Crippen molar-refractivity contribution < 1.29 is 9.90 Å².